The number of hydrogen-bond acceptors (Lipinski definition) is 4. The van der Waals surface area contributed by atoms with Gasteiger partial charge in [-0.3, -0.25) is 9.59 Å². The van der Waals surface area contributed by atoms with E-state index in [0.717, 1.165) is 82.2 Å². The molecule has 0 radical (unpaired) electrons. The average molecular weight is 660 g/mol. The Morgan fingerprint density at radius 1 is 0.771 bits per heavy atom. The van der Waals surface area contributed by atoms with E-state index in [1.54, 1.807) is 0 Å². The Hall–Kier alpha value is -3.64. The Balaban J connectivity index is 2.05. The number of carbonyl (C=O) groups is 2. The smallest absolute Gasteiger partial charge is 0.225 e. The minimum absolute atomic E-state index is 0.0605. The van der Waals surface area contributed by atoms with Crippen LogP contribution in [-0.4, -0.2) is 56.5 Å². The standard InChI is InChI=1S/C42H65N3O3/c1-7-8-9-10-11-12-13-14-15-16-17-18-19-20-21-22-23-24-25-27-40(46)43-31-33-45(6)34-32-44-41(47)42(4,5)30-26-35-48-39-36-37(2)28-29-38(39)3/h8-9,11-12,14-15,17-18,20-21,23-24,28-29,36H,7,10,13,16,19,22,25-27,30-35H2,1-6H3,(H,43,46)(H,44,47)/b9-8-,12-11-,15-14-,18-17-,21-20-,24-23-. The molecule has 0 saturated carbocycles. The van der Waals surface area contributed by atoms with Crippen LogP contribution < -0.4 is 15.4 Å². The Bertz CT molecular complexity index is 1210. The van der Waals surface area contributed by atoms with Gasteiger partial charge in [-0.1, -0.05) is 106 Å². The molecule has 0 aromatic heterocycles. The highest BCUT2D eigenvalue weighted by molar-refractivity contribution is 5.81. The summed E-state index contributed by atoms with van der Waals surface area (Å²) >= 11 is 0. The van der Waals surface area contributed by atoms with Crippen molar-refractivity contribution in [2.45, 2.75) is 98.8 Å². The van der Waals surface area contributed by atoms with Crippen LogP contribution in [0.3, 0.4) is 0 Å². The molecule has 0 atom stereocenters. The molecule has 0 bridgehead atoms. The average Bonchev–Trinajstić information content (AvgIpc) is 3.05. The van der Waals surface area contributed by atoms with Crippen molar-refractivity contribution in [1.29, 1.82) is 0 Å². The van der Waals surface area contributed by atoms with Crippen LogP contribution in [0.5, 0.6) is 5.75 Å². The summed E-state index contributed by atoms with van der Waals surface area (Å²) in [5.41, 5.74) is 1.85. The molecule has 1 rings (SSSR count). The van der Waals surface area contributed by atoms with Gasteiger partial charge in [0.05, 0.1) is 6.61 Å². The second kappa shape index (κ2) is 27.3. The third-order valence-electron chi connectivity index (χ3n) is 7.89. The van der Waals surface area contributed by atoms with E-state index in [-0.39, 0.29) is 11.8 Å². The molecule has 6 nitrogen and oxygen atoms in total. The highest BCUT2D eigenvalue weighted by atomic mass is 16.5. The summed E-state index contributed by atoms with van der Waals surface area (Å²) in [6, 6.07) is 6.21. The number of rotatable bonds is 26. The molecule has 1 aromatic carbocycles. The number of aryl methyl sites for hydroxylation is 2. The molecule has 0 aliphatic heterocycles. The maximum atomic E-state index is 12.8. The Kier molecular flexibility index (Phi) is 24.1. The molecule has 48 heavy (non-hydrogen) atoms. The van der Waals surface area contributed by atoms with Crippen LogP contribution in [0.25, 0.3) is 0 Å². The number of benzene rings is 1. The molecular formula is C42H65N3O3. The lowest BCUT2D eigenvalue weighted by atomic mass is 9.87. The third kappa shape index (κ3) is 22.8. The largest absolute Gasteiger partial charge is 0.493 e. The molecular weight excluding hydrogens is 594 g/mol. The summed E-state index contributed by atoms with van der Waals surface area (Å²) in [7, 11) is 2.01. The van der Waals surface area contributed by atoms with Crippen molar-refractivity contribution in [3.63, 3.8) is 0 Å². The fourth-order valence-corrected chi connectivity index (χ4v) is 4.71. The number of ether oxygens (including phenoxy) is 1. The predicted molar refractivity (Wildman–Crippen MR) is 205 cm³/mol. The number of hydrogen-bond donors (Lipinski definition) is 2. The zero-order chi connectivity index (χ0) is 35.3. The molecule has 0 unspecified atom stereocenters. The van der Waals surface area contributed by atoms with Crippen LogP contribution in [-0.2, 0) is 9.59 Å². The van der Waals surface area contributed by atoms with Crippen molar-refractivity contribution in [3.05, 3.63) is 102 Å². The Morgan fingerprint density at radius 2 is 1.29 bits per heavy atom. The SMILES string of the molecule is CC/C=C\C/C=C\C/C=C\C/C=C\C/C=C\C/C=C\CCC(=O)NCCN(C)CCNC(=O)C(C)(C)CCCOc1cc(C)ccc1C. The van der Waals surface area contributed by atoms with Gasteiger partial charge in [-0.25, -0.2) is 0 Å². The molecule has 0 fully saturated rings. The van der Waals surface area contributed by atoms with E-state index >= 15 is 0 Å². The van der Waals surface area contributed by atoms with Crippen molar-refractivity contribution in [2.75, 3.05) is 39.8 Å². The monoisotopic (exact) mass is 660 g/mol. The van der Waals surface area contributed by atoms with Crippen LogP contribution in [0.15, 0.2) is 91.1 Å². The molecule has 0 aliphatic rings. The first-order valence-electron chi connectivity index (χ1n) is 18.0. The molecule has 0 saturated heterocycles. The van der Waals surface area contributed by atoms with Crippen LogP contribution >= 0.6 is 0 Å². The number of carbonyl (C=O) groups excluding carboxylic acids is 2. The zero-order valence-electron chi connectivity index (χ0n) is 30.9. The molecule has 266 valence electrons. The first-order chi connectivity index (χ1) is 23.2. The molecule has 1 aromatic rings. The fraction of sp³-hybridized carbons (Fsp3) is 0.524. The van der Waals surface area contributed by atoms with Gasteiger partial charge in [0, 0.05) is 38.0 Å². The van der Waals surface area contributed by atoms with E-state index < -0.39 is 5.41 Å². The zero-order valence-corrected chi connectivity index (χ0v) is 30.9. The first-order valence-corrected chi connectivity index (χ1v) is 18.0. The normalized spacial score (nSPS) is 12.6. The van der Waals surface area contributed by atoms with Crippen LogP contribution in [0.4, 0.5) is 0 Å². The molecule has 6 heteroatoms. The Labute approximate surface area is 293 Å². The van der Waals surface area contributed by atoms with E-state index in [9.17, 15) is 9.59 Å². The summed E-state index contributed by atoms with van der Waals surface area (Å²) in [5, 5.41) is 6.07. The fourth-order valence-electron chi connectivity index (χ4n) is 4.71. The molecule has 0 aliphatic carbocycles. The highest BCUT2D eigenvalue weighted by Crippen LogP contribution is 2.24. The van der Waals surface area contributed by atoms with Crippen LogP contribution in [0.2, 0.25) is 0 Å². The second-order valence-corrected chi connectivity index (χ2v) is 13.0. The van der Waals surface area contributed by atoms with Gasteiger partial charge < -0.3 is 20.3 Å². The second-order valence-electron chi connectivity index (χ2n) is 13.0. The predicted octanol–water partition coefficient (Wildman–Crippen LogP) is 9.13. The van der Waals surface area contributed by atoms with Gasteiger partial charge in [0.1, 0.15) is 5.75 Å². The Morgan fingerprint density at radius 3 is 1.85 bits per heavy atom. The van der Waals surface area contributed by atoms with Crippen molar-refractivity contribution >= 4 is 11.8 Å². The van der Waals surface area contributed by atoms with E-state index in [4.69, 9.17) is 4.74 Å². The number of amides is 2. The van der Waals surface area contributed by atoms with E-state index in [1.807, 2.05) is 27.8 Å². The van der Waals surface area contributed by atoms with Gasteiger partial charge in [-0.15, -0.1) is 0 Å². The maximum absolute atomic E-state index is 12.8. The lowest BCUT2D eigenvalue weighted by molar-refractivity contribution is -0.129. The molecule has 0 heterocycles. The topological polar surface area (TPSA) is 70.7 Å². The summed E-state index contributed by atoms with van der Waals surface area (Å²) in [6.45, 7) is 13.5. The van der Waals surface area contributed by atoms with Crippen LogP contribution in [0.1, 0.15) is 96.1 Å². The van der Waals surface area contributed by atoms with Crippen molar-refractivity contribution in [1.82, 2.24) is 15.5 Å². The van der Waals surface area contributed by atoms with Gasteiger partial charge in [-0.05, 0) is 95.9 Å². The summed E-state index contributed by atoms with van der Waals surface area (Å²) in [6.07, 6.45) is 34.9. The number of allylic oxidation sites excluding steroid dienone is 12. The third-order valence-corrected chi connectivity index (χ3v) is 7.89. The van der Waals surface area contributed by atoms with Crippen molar-refractivity contribution < 1.29 is 14.3 Å². The maximum Gasteiger partial charge on any atom is 0.225 e. The lowest BCUT2D eigenvalue weighted by Gasteiger charge is -2.25. The molecule has 0 spiro atoms. The van der Waals surface area contributed by atoms with Crippen molar-refractivity contribution in [2.24, 2.45) is 5.41 Å². The summed E-state index contributed by atoms with van der Waals surface area (Å²) in [5.74, 6) is 1.05. The molecule has 2 amide bonds. The minimum Gasteiger partial charge on any atom is -0.493 e. The van der Waals surface area contributed by atoms with Gasteiger partial charge in [0.2, 0.25) is 11.8 Å². The van der Waals surface area contributed by atoms with Gasteiger partial charge in [0.15, 0.2) is 0 Å². The number of likely N-dealkylation sites (N-methyl/N-ethyl adjacent to an activating group) is 1. The quantitative estimate of drug-likeness (QED) is 0.0769. The van der Waals surface area contributed by atoms with Gasteiger partial charge in [-0.2, -0.15) is 0 Å². The van der Waals surface area contributed by atoms with E-state index in [2.05, 4.69) is 120 Å². The highest BCUT2D eigenvalue weighted by Gasteiger charge is 2.26. The van der Waals surface area contributed by atoms with E-state index in [1.165, 1.54) is 5.56 Å². The number of nitrogens with one attached hydrogen (secondary N) is 2. The summed E-state index contributed by atoms with van der Waals surface area (Å²) in [4.78, 5) is 27.1. The van der Waals surface area contributed by atoms with E-state index in [0.29, 0.717) is 26.1 Å². The lowest BCUT2D eigenvalue weighted by Crippen LogP contribution is -2.42. The molecule has 2 N–H and O–H groups in total. The first kappa shape index (κ1) is 42.4. The van der Waals surface area contributed by atoms with Gasteiger partial charge >= 0.3 is 0 Å². The number of nitrogens with zero attached hydrogens (tertiary/aromatic N) is 1. The minimum atomic E-state index is -0.458. The van der Waals surface area contributed by atoms with Crippen molar-refractivity contribution in [3.8, 4) is 5.75 Å². The van der Waals surface area contributed by atoms with Gasteiger partial charge in [0.25, 0.3) is 0 Å². The summed E-state index contributed by atoms with van der Waals surface area (Å²) < 4.78 is 5.95. The van der Waals surface area contributed by atoms with Crippen LogP contribution in [0, 0.1) is 19.3 Å².